The van der Waals surface area contributed by atoms with Gasteiger partial charge in [-0.2, -0.15) is 10.2 Å². The molecule has 0 aliphatic heterocycles. The van der Waals surface area contributed by atoms with E-state index in [2.05, 4.69) is 25.6 Å². The Balaban J connectivity index is 1.90. The van der Waals surface area contributed by atoms with Crippen molar-refractivity contribution in [1.82, 2.24) is 5.32 Å². The first-order valence-corrected chi connectivity index (χ1v) is 8.18. The van der Waals surface area contributed by atoms with Crippen molar-refractivity contribution in [1.29, 1.82) is 0 Å². The molecule has 0 aromatic heterocycles. The van der Waals surface area contributed by atoms with Crippen molar-refractivity contribution in [3.8, 4) is 0 Å². The number of amides is 1. The molecule has 2 aromatic carbocycles. The van der Waals surface area contributed by atoms with Crippen LogP contribution in [0.15, 0.2) is 63.9 Å². The van der Waals surface area contributed by atoms with E-state index in [-0.39, 0.29) is 5.91 Å². The summed E-state index contributed by atoms with van der Waals surface area (Å²) < 4.78 is 0. The predicted octanol–water partition coefficient (Wildman–Crippen LogP) is 4.60. The standard InChI is InChI=1S/C18H21N7O/c1-25(2)17-10-8-16(9-11-17)23-22-15-6-4-14(5-7-15)18(26)20-12-3-13-21-24-19/h4-11H,3,12-13H2,1-2H3,(H,20,26). The molecule has 1 N–H and O–H groups in total. The number of rotatable bonds is 8. The maximum absolute atomic E-state index is 12.0. The van der Waals surface area contributed by atoms with Crippen LogP contribution in [0.2, 0.25) is 0 Å². The van der Waals surface area contributed by atoms with Gasteiger partial charge < -0.3 is 10.2 Å². The molecular formula is C18H21N7O. The number of hydrogen-bond donors (Lipinski definition) is 1. The second-order valence-corrected chi connectivity index (χ2v) is 5.72. The van der Waals surface area contributed by atoms with Gasteiger partial charge >= 0.3 is 0 Å². The minimum Gasteiger partial charge on any atom is -0.378 e. The third-order valence-corrected chi connectivity index (χ3v) is 3.56. The molecule has 0 spiro atoms. The Bertz CT molecular complexity index is 791. The van der Waals surface area contributed by atoms with Gasteiger partial charge in [0.25, 0.3) is 5.91 Å². The first-order valence-electron chi connectivity index (χ1n) is 8.18. The Labute approximate surface area is 152 Å². The highest BCUT2D eigenvalue weighted by Crippen LogP contribution is 2.21. The fourth-order valence-corrected chi connectivity index (χ4v) is 2.11. The molecule has 0 saturated heterocycles. The molecule has 8 heteroatoms. The van der Waals surface area contributed by atoms with Crippen molar-refractivity contribution in [3.05, 3.63) is 64.5 Å². The summed E-state index contributed by atoms with van der Waals surface area (Å²) >= 11 is 0. The van der Waals surface area contributed by atoms with Crippen molar-refractivity contribution in [2.75, 3.05) is 32.1 Å². The average molecular weight is 351 g/mol. The topological polar surface area (TPSA) is 106 Å². The van der Waals surface area contributed by atoms with Crippen LogP contribution in [0, 0.1) is 0 Å². The van der Waals surface area contributed by atoms with Crippen LogP contribution >= 0.6 is 0 Å². The van der Waals surface area contributed by atoms with Crippen LogP contribution < -0.4 is 10.2 Å². The van der Waals surface area contributed by atoms with E-state index in [9.17, 15) is 4.79 Å². The maximum atomic E-state index is 12.0. The van der Waals surface area contributed by atoms with Gasteiger partial charge in [-0.1, -0.05) is 5.11 Å². The molecule has 1 amide bonds. The van der Waals surface area contributed by atoms with E-state index in [1.165, 1.54) is 0 Å². The molecule has 2 rings (SSSR count). The Morgan fingerprint density at radius 1 is 1.04 bits per heavy atom. The van der Waals surface area contributed by atoms with E-state index in [1.807, 2.05) is 43.3 Å². The van der Waals surface area contributed by atoms with Gasteiger partial charge in [0, 0.05) is 43.3 Å². The summed E-state index contributed by atoms with van der Waals surface area (Å²) in [6.45, 7) is 0.827. The fraction of sp³-hybridized carbons (Fsp3) is 0.278. The normalized spacial score (nSPS) is 10.4. The van der Waals surface area contributed by atoms with Crippen molar-refractivity contribution >= 4 is 23.0 Å². The summed E-state index contributed by atoms with van der Waals surface area (Å²) in [7, 11) is 3.96. The van der Waals surface area contributed by atoms with E-state index >= 15 is 0 Å². The highest BCUT2D eigenvalue weighted by molar-refractivity contribution is 5.94. The van der Waals surface area contributed by atoms with Crippen LogP contribution in [0.4, 0.5) is 17.1 Å². The molecule has 0 aliphatic rings. The largest absolute Gasteiger partial charge is 0.378 e. The molecule has 0 saturated carbocycles. The molecule has 0 bridgehead atoms. The lowest BCUT2D eigenvalue weighted by Gasteiger charge is -2.11. The number of nitrogens with zero attached hydrogens (tertiary/aromatic N) is 6. The Morgan fingerprint density at radius 2 is 1.62 bits per heavy atom. The van der Waals surface area contributed by atoms with Crippen molar-refractivity contribution in [2.24, 2.45) is 15.3 Å². The number of carbonyl (C=O) groups excluding carboxylic acids is 1. The lowest BCUT2D eigenvalue weighted by Crippen LogP contribution is -2.24. The second-order valence-electron chi connectivity index (χ2n) is 5.72. The summed E-state index contributed by atoms with van der Waals surface area (Å²) in [6, 6.07) is 14.6. The third-order valence-electron chi connectivity index (χ3n) is 3.56. The van der Waals surface area contributed by atoms with Gasteiger partial charge in [-0.05, 0) is 60.5 Å². The highest BCUT2D eigenvalue weighted by Gasteiger charge is 2.04. The molecular weight excluding hydrogens is 330 g/mol. The lowest BCUT2D eigenvalue weighted by molar-refractivity contribution is 0.0953. The summed E-state index contributed by atoms with van der Waals surface area (Å²) in [4.78, 5) is 16.7. The van der Waals surface area contributed by atoms with Crippen molar-refractivity contribution in [3.63, 3.8) is 0 Å². The van der Waals surface area contributed by atoms with E-state index < -0.39 is 0 Å². The lowest BCUT2D eigenvalue weighted by atomic mass is 10.2. The summed E-state index contributed by atoms with van der Waals surface area (Å²) in [5, 5.41) is 14.6. The maximum Gasteiger partial charge on any atom is 0.251 e. The fourth-order valence-electron chi connectivity index (χ4n) is 2.11. The van der Waals surface area contributed by atoms with Crippen LogP contribution in [-0.4, -0.2) is 33.1 Å². The van der Waals surface area contributed by atoms with Gasteiger partial charge in [-0.15, -0.1) is 0 Å². The van der Waals surface area contributed by atoms with Gasteiger partial charge in [0.05, 0.1) is 11.4 Å². The Morgan fingerprint density at radius 3 is 2.15 bits per heavy atom. The smallest absolute Gasteiger partial charge is 0.251 e. The van der Waals surface area contributed by atoms with Gasteiger partial charge in [-0.25, -0.2) is 0 Å². The van der Waals surface area contributed by atoms with Crippen LogP contribution in [0.3, 0.4) is 0 Å². The van der Waals surface area contributed by atoms with Crippen LogP contribution in [0.1, 0.15) is 16.8 Å². The van der Waals surface area contributed by atoms with Crippen molar-refractivity contribution in [2.45, 2.75) is 6.42 Å². The second kappa shape index (κ2) is 9.80. The van der Waals surface area contributed by atoms with Gasteiger partial charge in [0.15, 0.2) is 0 Å². The number of azide groups is 1. The first kappa shape index (κ1) is 19.0. The van der Waals surface area contributed by atoms with Gasteiger partial charge in [-0.3, -0.25) is 4.79 Å². The quantitative estimate of drug-likeness (QED) is 0.325. The third kappa shape index (κ3) is 5.92. The van der Waals surface area contributed by atoms with E-state index in [4.69, 9.17) is 5.53 Å². The molecule has 26 heavy (non-hydrogen) atoms. The zero-order valence-corrected chi connectivity index (χ0v) is 14.8. The number of carbonyl (C=O) groups is 1. The monoisotopic (exact) mass is 351 g/mol. The SMILES string of the molecule is CN(C)c1ccc(N=Nc2ccc(C(=O)NCCCN=[N+]=[N-])cc2)cc1. The molecule has 2 aromatic rings. The number of hydrogen-bond acceptors (Lipinski definition) is 5. The zero-order valence-electron chi connectivity index (χ0n) is 14.8. The summed E-state index contributed by atoms with van der Waals surface area (Å²) in [5.41, 5.74) is 11.3. The average Bonchev–Trinajstić information content (AvgIpc) is 2.66. The molecule has 0 fully saturated rings. The van der Waals surface area contributed by atoms with Gasteiger partial charge in [0.2, 0.25) is 0 Å². The van der Waals surface area contributed by atoms with E-state index in [0.717, 1.165) is 11.4 Å². The molecule has 0 radical (unpaired) electrons. The summed E-state index contributed by atoms with van der Waals surface area (Å²) in [6.07, 6.45) is 0.606. The van der Waals surface area contributed by atoms with Crippen LogP contribution in [0.5, 0.6) is 0 Å². The molecule has 8 nitrogen and oxygen atoms in total. The molecule has 0 aliphatic carbocycles. The van der Waals surface area contributed by atoms with Crippen LogP contribution in [0.25, 0.3) is 10.4 Å². The van der Waals surface area contributed by atoms with Gasteiger partial charge in [0.1, 0.15) is 0 Å². The Kier molecular flexibility index (Phi) is 7.15. The summed E-state index contributed by atoms with van der Waals surface area (Å²) in [5.74, 6) is -0.172. The minimum absolute atomic E-state index is 0.172. The van der Waals surface area contributed by atoms with Crippen molar-refractivity contribution < 1.29 is 4.79 Å². The molecule has 0 heterocycles. The molecule has 0 atom stereocenters. The highest BCUT2D eigenvalue weighted by atomic mass is 16.1. The molecule has 0 unspecified atom stereocenters. The number of azo groups is 1. The van der Waals surface area contributed by atoms with E-state index in [1.54, 1.807) is 24.3 Å². The molecule has 134 valence electrons. The minimum atomic E-state index is -0.172. The number of nitrogens with one attached hydrogen (secondary N) is 1. The Hall–Kier alpha value is -3.38. The van der Waals surface area contributed by atoms with Crippen LogP contribution in [-0.2, 0) is 0 Å². The predicted molar refractivity (Wildman–Crippen MR) is 102 cm³/mol. The zero-order chi connectivity index (χ0) is 18.8. The first-order chi connectivity index (χ1) is 12.6. The number of anilines is 1. The van der Waals surface area contributed by atoms with E-state index in [0.29, 0.717) is 30.8 Å². The number of benzene rings is 2.